The third-order valence-corrected chi connectivity index (χ3v) is 2.43. The summed E-state index contributed by atoms with van der Waals surface area (Å²) in [6.07, 6.45) is -3.06. The van der Waals surface area contributed by atoms with E-state index in [0.717, 1.165) is 7.48 Å². The predicted octanol–water partition coefficient (Wildman–Crippen LogP) is 1.27. The van der Waals surface area contributed by atoms with Crippen LogP contribution in [-0.4, -0.2) is 30.5 Å². The SMILES string of the molecule is CC1=CC(C(=O)CCC(F)(F)F)NC=C1[B]O. The van der Waals surface area contributed by atoms with E-state index < -0.39 is 30.8 Å². The van der Waals surface area contributed by atoms with Crippen molar-refractivity contribution in [2.45, 2.75) is 32.0 Å². The molecule has 3 nitrogen and oxygen atoms in total. The van der Waals surface area contributed by atoms with Gasteiger partial charge < -0.3 is 10.3 Å². The van der Waals surface area contributed by atoms with Crippen molar-refractivity contribution < 1.29 is 23.0 Å². The van der Waals surface area contributed by atoms with Gasteiger partial charge in [0.15, 0.2) is 5.78 Å². The number of allylic oxidation sites excluding steroid dienone is 2. The normalized spacial score (nSPS) is 20.2. The van der Waals surface area contributed by atoms with Crippen molar-refractivity contribution in [2.75, 3.05) is 0 Å². The minimum absolute atomic E-state index is 0.505. The Morgan fingerprint density at radius 1 is 1.59 bits per heavy atom. The van der Waals surface area contributed by atoms with E-state index in [9.17, 15) is 18.0 Å². The molecule has 1 unspecified atom stereocenters. The average Bonchev–Trinajstić information content (AvgIpc) is 2.24. The summed E-state index contributed by atoms with van der Waals surface area (Å²) in [5.74, 6) is -0.519. The van der Waals surface area contributed by atoms with Crippen LogP contribution in [0.5, 0.6) is 0 Å². The Labute approximate surface area is 97.7 Å². The summed E-state index contributed by atoms with van der Waals surface area (Å²) in [5, 5.41) is 11.4. The number of alkyl halides is 3. The van der Waals surface area contributed by atoms with Gasteiger partial charge in [0.25, 0.3) is 0 Å². The Morgan fingerprint density at radius 2 is 2.24 bits per heavy atom. The lowest BCUT2D eigenvalue weighted by atomic mass is 9.81. The molecule has 1 rings (SSSR count). The van der Waals surface area contributed by atoms with Crippen LogP contribution < -0.4 is 5.32 Å². The second-order valence-corrected chi connectivity index (χ2v) is 3.80. The summed E-state index contributed by atoms with van der Waals surface area (Å²) >= 11 is 0. The zero-order valence-electron chi connectivity index (χ0n) is 9.21. The second-order valence-electron chi connectivity index (χ2n) is 3.80. The summed E-state index contributed by atoms with van der Waals surface area (Å²) in [6, 6.07) is -0.749. The Bertz CT molecular complexity index is 363. The van der Waals surface area contributed by atoms with E-state index in [4.69, 9.17) is 5.02 Å². The minimum Gasteiger partial charge on any atom is -0.450 e. The fraction of sp³-hybridized carbons (Fsp3) is 0.500. The molecule has 7 heteroatoms. The van der Waals surface area contributed by atoms with Gasteiger partial charge in [-0.1, -0.05) is 11.6 Å². The zero-order valence-corrected chi connectivity index (χ0v) is 9.21. The van der Waals surface area contributed by atoms with Crippen LogP contribution in [-0.2, 0) is 4.79 Å². The molecule has 0 spiro atoms. The molecular formula is C10H12BF3NO2. The topological polar surface area (TPSA) is 49.3 Å². The smallest absolute Gasteiger partial charge is 0.389 e. The average molecular weight is 246 g/mol. The van der Waals surface area contributed by atoms with E-state index in [1.807, 2.05) is 0 Å². The Hall–Kier alpha value is -1.24. The van der Waals surface area contributed by atoms with Gasteiger partial charge in [0, 0.05) is 6.42 Å². The molecule has 1 aliphatic rings. The van der Waals surface area contributed by atoms with Crippen molar-refractivity contribution >= 4 is 13.3 Å². The first-order chi connectivity index (χ1) is 7.83. The van der Waals surface area contributed by atoms with Crippen molar-refractivity contribution in [1.82, 2.24) is 5.32 Å². The molecule has 0 aromatic rings. The highest BCUT2D eigenvalue weighted by Gasteiger charge is 2.29. The van der Waals surface area contributed by atoms with E-state index in [-0.39, 0.29) is 0 Å². The first kappa shape index (κ1) is 13.8. The third-order valence-electron chi connectivity index (χ3n) is 2.43. The fourth-order valence-corrected chi connectivity index (χ4v) is 1.43. The van der Waals surface area contributed by atoms with Crippen molar-refractivity contribution in [3.8, 4) is 0 Å². The molecule has 1 heterocycles. The number of nitrogens with one attached hydrogen (secondary N) is 1. The number of rotatable bonds is 4. The van der Waals surface area contributed by atoms with Gasteiger partial charge >= 0.3 is 13.7 Å². The maximum Gasteiger partial charge on any atom is 0.389 e. The lowest BCUT2D eigenvalue weighted by Gasteiger charge is -2.20. The molecule has 0 bridgehead atoms. The lowest BCUT2D eigenvalue weighted by molar-refractivity contribution is -0.143. The van der Waals surface area contributed by atoms with Gasteiger partial charge in [-0.2, -0.15) is 13.2 Å². The quantitative estimate of drug-likeness (QED) is 0.734. The zero-order chi connectivity index (χ0) is 13.1. The first-order valence-corrected chi connectivity index (χ1v) is 5.05. The van der Waals surface area contributed by atoms with Crippen LogP contribution in [0.1, 0.15) is 19.8 Å². The van der Waals surface area contributed by atoms with Crippen LogP contribution in [0.2, 0.25) is 0 Å². The number of halogens is 3. The van der Waals surface area contributed by atoms with Crippen molar-refractivity contribution in [3.63, 3.8) is 0 Å². The van der Waals surface area contributed by atoms with E-state index in [2.05, 4.69) is 5.32 Å². The number of hydrogen-bond acceptors (Lipinski definition) is 3. The van der Waals surface area contributed by atoms with Crippen LogP contribution in [0.3, 0.4) is 0 Å². The maximum atomic E-state index is 11.9. The number of ketones is 1. The van der Waals surface area contributed by atoms with Gasteiger partial charge in [-0.15, -0.1) is 0 Å². The summed E-state index contributed by atoms with van der Waals surface area (Å²) < 4.78 is 35.8. The van der Waals surface area contributed by atoms with Crippen LogP contribution in [0.15, 0.2) is 23.3 Å². The van der Waals surface area contributed by atoms with Crippen molar-refractivity contribution in [1.29, 1.82) is 0 Å². The molecule has 17 heavy (non-hydrogen) atoms. The molecule has 0 aromatic heterocycles. The Kier molecular flexibility index (Phi) is 4.39. The molecule has 0 fully saturated rings. The van der Waals surface area contributed by atoms with Gasteiger partial charge in [0.2, 0.25) is 0 Å². The highest BCUT2D eigenvalue weighted by molar-refractivity contribution is 6.38. The van der Waals surface area contributed by atoms with E-state index >= 15 is 0 Å². The van der Waals surface area contributed by atoms with Crippen LogP contribution in [0.25, 0.3) is 0 Å². The molecule has 1 radical (unpaired) electrons. The summed E-state index contributed by atoms with van der Waals surface area (Å²) in [4.78, 5) is 11.5. The monoisotopic (exact) mass is 246 g/mol. The molecule has 0 aromatic carbocycles. The second kappa shape index (κ2) is 5.40. The van der Waals surface area contributed by atoms with Crippen molar-refractivity contribution in [3.05, 3.63) is 23.3 Å². The standard InChI is InChI=1S/C10H12BF3NO2/c1-6-4-8(15-5-7(6)11-17)9(16)2-3-10(12,13)14/h4-5,8,15,17H,2-3H2,1H3. The Morgan fingerprint density at radius 3 is 2.71 bits per heavy atom. The predicted molar refractivity (Wildman–Crippen MR) is 57.0 cm³/mol. The van der Waals surface area contributed by atoms with E-state index in [1.165, 1.54) is 12.3 Å². The van der Waals surface area contributed by atoms with Crippen molar-refractivity contribution in [2.24, 2.45) is 0 Å². The molecule has 0 saturated carbocycles. The number of dihydropyridines is 1. The maximum absolute atomic E-state index is 11.9. The highest BCUT2D eigenvalue weighted by Crippen LogP contribution is 2.22. The summed E-state index contributed by atoms with van der Waals surface area (Å²) in [6.45, 7) is 1.67. The first-order valence-electron chi connectivity index (χ1n) is 5.05. The van der Waals surface area contributed by atoms with E-state index in [0.29, 0.717) is 11.0 Å². The summed E-state index contributed by atoms with van der Waals surface area (Å²) in [7, 11) is 0.870. The molecule has 93 valence electrons. The molecule has 0 aliphatic carbocycles. The number of carbonyl (C=O) groups is 1. The largest absolute Gasteiger partial charge is 0.450 e. The molecule has 0 amide bonds. The number of Topliss-reactive ketones (excluding diaryl/α,β-unsaturated/α-hetero) is 1. The van der Waals surface area contributed by atoms with E-state index in [1.54, 1.807) is 6.92 Å². The van der Waals surface area contributed by atoms with Gasteiger partial charge in [0.1, 0.15) is 6.04 Å². The number of carbonyl (C=O) groups excluding carboxylic acids is 1. The molecule has 2 N–H and O–H groups in total. The third kappa shape index (κ3) is 4.26. The summed E-state index contributed by atoms with van der Waals surface area (Å²) in [5.41, 5.74) is 1.15. The van der Waals surface area contributed by atoms with Crippen LogP contribution in [0, 0.1) is 0 Å². The highest BCUT2D eigenvalue weighted by atomic mass is 19.4. The van der Waals surface area contributed by atoms with Crippen LogP contribution >= 0.6 is 0 Å². The fourth-order valence-electron chi connectivity index (χ4n) is 1.43. The molecule has 0 saturated heterocycles. The van der Waals surface area contributed by atoms with Gasteiger partial charge in [0.05, 0.1) is 6.42 Å². The molecular weight excluding hydrogens is 234 g/mol. The van der Waals surface area contributed by atoms with Crippen LogP contribution in [0.4, 0.5) is 13.2 Å². The molecule has 1 atom stereocenters. The van der Waals surface area contributed by atoms with Gasteiger partial charge in [-0.25, -0.2) is 0 Å². The van der Waals surface area contributed by atoms with Gasteiger partial charge in [-0.05, 0) is 18.6 Å². The van der Waals surface area contributed by atoms with Gasteiger partial charge in [-0.3, -0.25) is 4.79 Å². The lowest BCUT2D eigenvalue weighted by Crippen LogP contribution is -2.35. The molecule has 1 aliphatic heterocycles. The minimum atomic E-state index is -4.32. The Balaban J connectivity index is 2.54. The number of hydrogen-bond donors (Lipinski definition) is 2.